The van der Waals surface area contributed by atoms with Crippen molar-refractivity contribution in [2.75, 3.05) is 11.9 Å². The van der Waals surface area contributed by atoms with Crippen LogP contribution in [0, 0.1) is 0 Å². The Labute approximate surface area is 163 Å². The average molecular weight is 380 g/mol. The van der Waals surface area contributed by atoms with Gasteiger partial charge in [-0.3, -0.25) is 9.59 Å². The highest BCUT2D eigenvalue weighted by molar-refractivity contribution is 5.92. The van der Waals surface area contributed by atoms with Gasteiger partial charge in [0.15, 0.2) is 18.1 Å². The largest absolute Gasteiger partial charge is 0.456 e. The smallest absolute Gasteiger partial charge is 0.306 e. The molecule has 0 aliphatic rings. The van der Waals surface area contributed by atoms with Crippen LogP contribution in [0.2, 0.25) is 0 Å². The summed E-state index contributed by atoms with van der Waals surface area (Å²) in [6.45, 7) is 1.84. The number of oxazole rings is 1. The van der Waals surface area contributed by atoms with Crippen LogP contribution in [-0.4, -0.2) is 23.5 Å². The van der Waals surface area contributed by atoms with Gasteiger partial charge in [-0.05, 0) is 42.7 Å². The van der Waals surface area contributed by atoms with Crippen LogP contribution in [0.5, 0.6) is 0 Å². The van der Waals surface area contributed by atoms with Gasteiger partial charge in [0.25, 0.3) is 5.91 Å². The van der Waals surface area contributed by atoms with E-state index in [2.05, 4.69) is 17.2 Å². The molecule has 2 aromatic carbocycles. The maximum Gasteiger partial charge on any atom is 0.306 e. The molecule has 0 unspecified atom stereocenters. The standard InChI is InChI=1S/C22H24N2O4/c1-2-3-6-16-9-11-17(12-10-16)23-20(25)15-27-22(26)14-13-21-24-18-7-4-5-8-19(18)28-21/h4-5,7-12H,2-3,6,13-15H2,1H3,(H,23,25). The van der Waals surface area contributed by atoms with Crippen molar-refractivity contribution in [1.82, 2.24) is 4.98 Å². The highest BCUT2D eigenvalue weighted by atomic mass is 16.5. The summed E-state index contributed by atoms with van der Waals surface area (Å²) in [5.41, 5.74) is 3.37. The molecule has 28 heavy (non-hydrogen) atoms. The molecule has 6 nitrogen and oxygen atoms in total. The Morgan fingerprint density at radius 3 is 2.61 bits per heavy atom. The van der Waals surface area contributed by atoms with Gasteiger partial charge < -0.3 is 14.5 Å². The number of aryl methyl sites for hydroxylation is 2. The highest BCUT2D eigenvalue weighted by Crippen LogP contribution is 2.16. The van der Waals surface area contributed by atoms with Crippen LogP contribution in [0.15, 0.2) is 52.9 Å². The fraction of sp³-hybridized carbons (Fsp3) is 0.318. The summed E-state index contributed by atoms with van der Waals surface area (Å²) in [6.07, 6.45) is 3.75. The van der Waals surface area contributed by atoms with Crippen LogP contribution in [0.25, 0.3) is 11.1 Å². The number of aromatic nitrogens is 1. The zero-order valence-corrected chi connectivity index (χ0v) is 15.9. The molecule has 0 radical (unpaired) electrons. The molecule has 0 aliphatic carbocycles. The molecule has 0 bridgehead atoms. The Morgan fingerprint density at radius 1 is 1.07 bits per heavy atom. The van der Waals surface area contributed by atoms with Gasteiger partial charge in [0.1, 0.15) is 5.52 Å². The Kier molecular flexibility index (Phi) is 6.78. The maximum atomic E-state index is 11.9. The zero-order valence-electron chi connectivity index (χ0n) is 15.9. The van der Waals surface area contributed by atoms with Crippen LogP contribution >= 0.6 is 0 Å². The maximum absolute atomic E-state index is 11.9. The summed E-state index contributed by atoms with van der Waals surface area (Å²) < 4.78 is 10.6. The molecule has 0 saturated heterocycles. The second-order valence-electron chi connectivity index (χ2n) is 6.58. The molecule has 1 amide bonds. The Hall–Kier alpha value is -3.15. The average Bonchev–Trinajstić information content (AvgIpc) is 3.13. The van der Waals surface area contributed by atoms with E-state index in [1.54, 1.807) is 0 Å². The van der Waals surface area contributed by atoms with E-state index in [9.17, 15) is 9.59 Å². The predicted molar refractivity (Wildman–Crippen MR) is 107 cm³/mol. The van der Waals surface area contributed by atoms with Gasteiger partial charge in [-0.25, -0.2) is 4.98 Å². The number of ether oxygens (including phenoxy) is 1. The predicted octanol–water partition coefficient (Wildman–Crippen LogP) is 4.28. The first-order chi connectivity index (χ1) is 13.6. The summed E-state index contributed by atoms with van der Waals surface area (Å²) in [5, 5.41) is 2.73. The monoisotopic (exact) mass is 380 g/mol. The molecule has 0 spiro atoms. The number of carbonyl (C=O) groups is 2. The number of nitrogens with one attached hydrogen (secondary N) is 1. The molecule has 146 valence electrons. The van der Waals surface area contributed by atoms with Crippen LogP contribution in [0.1, 0.15) is 37.6 Å². The minimum atomic E-state index is -0.465. The lowest BCUT2D eigenvalue weighted by molar-refractivity contribution is -0.147. The van der Waals surface area contributed by atoms with Gasteiger partial charge >= 0.3 is 5.97 Å². The van der Waals surface area contributed by atoms with Crippen LogP contribution in [0.3, 0.4) is 0 Å². The number of unbranched alkanes of at least 4 members (excludes halogenated alkanes) is 1. The summed E-state index contributed by atoms with van der Waals surface area (Å²) in [6, 6.07) is 15.1. The number of hydrogen-bond acceptors (Lipinski definition) is 5. The van der Waals surface area contributed by atoms with E-state index in [0.717, 1.165) is 24.8 Å². The van der Waals surface area contributed by atoms with Crippen molar-refractivity contribution in [2.45, 2.75) is 39.0 Å². The number of nitrogens with zero attached hydrogens (tertiary/aromatic N) is 1. The van der Waals surface area contributed by atoms with Crippen molar-refractivity contribution in [1.29, 1.82) is 0 Å². The lowest BCUT2D eigenvalue weighted by Crippen LogP contribution is -2.21. The van der Waals surface area contributed by atoms with E-state index in [1.807, 2.05) is 48.5 Å². The number of para-hydroxylation sites is 2. The summed E-state index contributed by atoms with van der Waals surface area (Å²) in [7, 11) is 0. The zero-order chi connectivity index (χ0) is 19.8. The van der Waals surface area contributed by atoms with E-state index in [4.69, 9.17) is 9.15 Å². The number of rotatable bonds is 9. The normalized spacial score (nSPS) is 10.8. The fourth-order valence-corrected chi connectivity index (χ4v) is 2.79. The lowest BCUT2D eigenvalue weighted by atomic mass is 10.1. The summed E-state index contributed by atoms with van der Waals surface area (Å²) in [5.74, 6) is -0.352. The van der Waals surface area contributed by atoms with Crippen molar-refractivity contribution < 1.29 is 18.7 Å². The third-order valence-corrected chi connectivity index (χ3v) is 4.30. The summed E-state index contributed by atoms with van der Waals surface area (Å²) in [4.78, 5) is 28.1. The third-order valence-electron chi connectivity index (χ3n) is 4.30. The van der Waals surface area contributed by atoms with Crippen molar-refractivity contribution in [3.63, 3.8) is 0 Å². The molecular weight excluding hydrogens is 356 g/mol. The topological polar surface area (TPSA) is 81.4 Å². The first kappa shape index (κ1) is 19.6. The molecular formula is C22H24N2O4. The van der Waals surface area contributed by atoms with Gasteiger partial charge in [-0.1, -0.05) is 37.6 Å². The molecule has 1 N–H and O–H groups in total. The van der Waals surface area contributed by atoms with Crippen molar-refractivity contribution in [2.24, 2.45) is 0 Å². The van der Waals surface area contributed by atoms with Crippen LogP contribution in [0.4, 0.5) is 5.69 Å². The molecule has 0 atom stereocenters. The number of amides is 1. The highest BCUT2D eigenvalue weighted by Gasteiger charge is 2.11. The number of hydrogen-bond donors (Lipinski definition) is 1. The Morgan fingerprint density at radius 2 is 1.86 bits per heavy atom. The van der Waals surface area contributed by atoms with Gasteiger partial charge in [-0.15, -0.1) is 0 Å². The Bertz CT molecular complexity index is 898. The van der Waals surface area contributed by atoms with Gasteiger partial charge in [0.2, 0.25) is 0 Å². The van der Waals surface area contributed by atoms with E-state index in [1.165, 1.54) is 5.56 Å². The quantitative estimate of drug-likeness (QED) is 0.560. The fourth-order valence-electron chi connectivity index (χ4n) is 2.79. The minimum Gasteiger partial charge on any atom is -0.456 e. The van der Waals surface area contributed by atoms with Gasteiger partial charge in [0.05, 0.1) is 6.42 Å². The molecule has 3 rings (SSSR count). The van der Waals surface area contributed by atoms with E-state index in [0.29, 0.717) is 23.6 Å². The van der Waals surface area contributed by atoms with Gasteiger partial charge in [0, 0.05) is 12.1 Å². The number of carbonyl (C=O) groups excluding carboxylic acids is 2. The minimum absolute atomic E-state index is 0.103. The molecule has 0 fully saturated rings. The Balaban J connectivity index is 1.39. The molecule has 1 aromatic heterocycles. The van der Waals surface area contributed by atoms with Crippen LogP contribution < -0.4 is 5.32 Å². The van der Waals surface area contributed by atoms with Crippen LogP contribution in [-0.2, 0) is 27.2 Å². The first-order valence-electron chi connectivity index (χ1n) is 9.53. The SMILES string of the molecule is CCCCc1ccc(NC(=O)COC(=O)CCc2nc3ccccc3o2)cc1. The molecule has 1 heterocycles. The molecule has 6 heteroatoms. The number of fused-ring (bicyclic) bond motifs is 1. The third kappa shape index (κ3) is 5.67. The number of benzene rings is 2. The lowest BCUT2D eigenvalue weighted by Gasteiger charge is -2.07. The second-order valence-corrected chi connectivity index (χ2v) is 6.58. The molecule has 3 aromatic rings. The van der Waals surface area contributed by atoms with Crippen molar-refractivity contribution in [3.05, 3.63) is 60.0 Å². The summed E-state index contributed by atoms with van der Waals surface area (Å²) >= 11 is 0. The number of anilines is 1. The van der Waals surface area contributed by atoms with Gasteiger partial charge in [-0.2, -0.15) is 0 Å². The number of esters is 1. The second kappa shape index (κ2) is 9.69. The van der Waals surface area contributed by atoms with Crippen molar-refractivity contribution >= 4 is 28.7 Å². The van der Waals surface area contributed by atoms with E-state index < -0.39 is 5.97 Å². The molecule has 0 aliphatic heterocycles. The van der Waals surface area contributed by atoms with E-state index in [-0.39, 0.29) is 18.9 Å². The van der Waals surface area contributed by atoms with Crippen molar-refractivity contribution in [3.8, 4) is 0 Å². The first-order valence-corrected chi connectivity index (χ1v) is 9.53. The molecule has 0 saturated carbocycles. The van der Waals surface area contributed by atoms with E-state index >= 15 is 0 Å².